The smallest absolute Gasteiger partial charge is 0.167 e. The Morgan fingerprint density at radius 1 is 1.35 bits per heavy atom. The molecule has 2 rings (SSSR count). The molecule has 1 heterocycles. The molecule has 2 unspecified atom stereocenters. The van der Waals surface area contributed by atoms with Crippen molar-refractivity contribution < 1.29 is 0 Å². The van der Waals surface area contributed by atoms with Crippen LogP contribution in [0.5, 0.6) is 0 Å². The number of aryl methyl sites for hydroxylation is 1. The lowest BCUT2D eigenvalue weighted by atomic mass is 10.1. The molecule has 1 aromatic heterocycles. The number of nitrogens with two attached hydrogens (primary N) is 1. The quantitative estimate of drug-likeness (QED) is 0.800. The van der Waals surface area contributed by atoms with Crippen LogP contribution in [0.2, 0.25) is 0 Å². The highest BCUT2D eigenvalue weighted by atomic mass is 15.2. The molecule has 0 aromatic carbocycles. The zero-order valence-electron chi connectivity index (χ0n) is 10.2. The van der Waals surface area contributed by atoms with E-state index in [1.165, 1.54) is 0 Å². The van der Waals surface area contributed by atoms with Crippen LogP contribution in [0.25, 0.3) is 0 Å². The van der Waals surface area contributed by atoms with Crippen molar-refractivity contribution in [1.82, 2.24) is 10.2 Å². The van der Waals surface area contributed by atoms with Gasteiger partial charge >= 0.3 is 0 Å². The predicted molar refractivity (Wildman–Crippen MR) is 65.5 cm³/mol. The van der Waals surface area contributed by atoms with Crippen molar-refractivity contribution in [2.45, 2.75) is 45.2 Å². The van der Waals surface area contributed by atoms with Gasteiger partial charge in [-0.1, -0.05) is 0 Å². The fraction of sp³-hybridized carbons (Fsp3) is 0.583. The summed E-state index contributed by atoms with van der Waals surface area (Å²) < 4.78 is 0. The Morgan fingerprint density at radius 2 is 2.12 bits per heavy atom. The van der Waals surface area contributed by atoms with E-state index in [2.05, 4.69) is 21.6 Å². The number of anilines is 1. The molecule has 0 radical (unpaired) electrons. The summed E-state index contributed by atoms with van der Waals surface area (Å²) in [5.41, 5.74) is 8.25. The molecule has 2 atom stereocenters. The minimum absolute atomic E-state index is 0.143. The number of nitrogens with zero attached hydrogens (tertiary/aromatic N) is 3. The van der Waals surface area contributed by atoms with Crippen LogP contribution in [0, 0.1) is 25.2 Å². The third kappa shape index (κ3) is 2.22. The second kappa shape index (κ2) is 4.68. The number of nitrogens with one attached hydrogen (secondary N) is 1. The van der Waals surface area contributed by atoms with E-state index in [1.807, 2.05) is 13.8 Å². The minimum atomic E-state index is 0.143. The van der Waals surface area contributed by atoms with E-state index in [-0.39, 0.29) is 12.1 Å². The van der Waals surface area contributed by atoms with Gasteiger partial charge in [0.05, 0.1) is 5.69 Å². The van der Waals surface area contributed by atoms with E-state index in [0.29, 0.717) is 11.4 Å². The summed E-state index contributed by atoms with van der Waals surface area (Å²) in [6.07, 6.45) is 3.18. The van der Waals surface area contributed by atoms with Gasteiger partial charge in [-0.05, 0) is 38.7 Å². The van der Waals surface area contributed by atoms with Gasteiger partial charge in [-0.3, -0.25) is 0 Å². The van der Waals surface area contributed by atoms with Crippen molar-refractivity contribution in [1.29, 1.82) is 5.26 Å². The molecule has 5 nitrogen and oxygen atoms in total. The van der Waals surface area contributed by atoms with E-state index in [9.17, 15) is 5.26 Å². The molecule has 0 saturated heterocycles. The fourth-order valence-corrected chi connectivity index (χ4v) is 2.19. The molecule has 17 heavy (non-hydrogen) atoms. The first-order chi connectivity index (χ1) is 8.13. The Balaban J connectivity index is 2.27. The molecule has 0 aliphatic heterocycles. The molecule has 0 spiro atoms. The van der Waals surface area contributed by atoms with Gasteiger partial charge in [0.15, 0.2) is 5.82 Å². The summed E-state index contributed by atoms with van der Waals surface area (Å²) in [6.45, 7) is 3.75. The van der Waals surface area contributed by atoms with Crippen molar-refractivity contribution in [2.24, 2.45) is 5.73 Å². The zero-order chi connectivity index (χ0) is 12.4. The van der Waals surface area contributed by atoms with Crippen molar-refractivity contribution >= 4 is 5.82 Å². The maximum atomic E-state index is 9.17. The summed E-state index contributed by atoms with van der Waals surface area (Å²) in [7, 11) is 0. The predicted octanol–water partition coefficient (Wildman–Crippen LogP) is 1.26. The lowest BCUT2D eigenvalue weighted by Crippen LogP contribution is -2.35. The molecule has 1 aliphatic carbocycles. The van der Waals surface area contributed by atoms with Crippen molar-refractivity contribution in [3.63, 3.8) is 0 Å². The molecule has 90 valence electrons. The van der Waals surface area contributed by atoms with E-state index in [0.717, 1.165) is 30.5 Å². The summed E-state index contributed by atoms with van der Waals surface area (Å²) in [6, 6.07) is 2.54. The summed E-state index contributed by atoms with van der Waals surface area (Å²) >= 11 is 0. The zero-order valence-corrected chi connectivity index (χ0v) is 10.2. The molecule has 5 heteroatoms. The minimum Gasteiger partial charge on any atom is -0.363 e. The van der Waals surface area contributed by atoms with Crippen molar-refractivity contribution in [2.75, 3.05) is 5.32 Å². The summed E-state index contributed by atoms with van der Waals surface area (Å²) in [5.74, 6) is 0.568. The van der Waals surface area contributed by atoms with Gasteiger partial charge < -0.3 is 11.1 Å². The Hall–Kier alpha value is -1.67. The van der Waals surface area contributed by atoms with Crippen LogP contribution in [0.4, 0.5) is 5.82 Å². The average molecular weight is 231 g/mol. The highest BCUT2D eigenvalue weighted by molar-refractivity contribution is 5.56. The molecule has 1 saturated carbocycles. The number of hydrogen-bond donors (Lipinski definition) is 2. The SMILES string of the molecule is Cc1nnc(NC2CCCC2N)c(C#N)c1C. The van der Waals surface area contributed by atoms with Crippen molar-refractivity contribution in [3.8, 4) is 6.07 Å². The Labute approximate surface area is 101 Å². The van der Waals surface area contributed by atoms with E-state index >= 15 is 0 Å². The van der Waals surface area contributed by atoms with Gasteiger partial charge in [-0.25, -0.2) is 0 Å². The van der Waals surface area contributed by atoms with Crippen LogP contribution in [0.1, 0.15) is 36.1 Å². The highest BCUT2D eigenvalue weighted by Crippen LogP contribution is 2.23. The normalized spacial score (nSPS) is 23.4. The van der Waals surface area contributed by atoms with Gasteiger partial charge in [0.2, 0.25) is 0 Å². The molecular weight excluding hydrogens is 214 g/mol. The van der Waals surface area contributed by atoms with Crippen LogP contribution in [-0.4, -0.2) is 22.3 Å². The maximum Gasteiger partial charge on any atom is 0.167 e. The average Bonchev–Trinajstić information content (AvgIpc) is 2.70. The third-order valence-corrected chi connectivity index (χ3v) is 3.46. The van der Waals surface area contributed by atoms with Crippen molar-refractivity contribution in [3.05, 3.63) is 16.8 Å². The van der Waals surface area contributed by atoms with E-state index in [4.69, 9.17) is 5.73 Å². The molecular formula is C12H17N5. The monoisotopic (exact) mass is 231 g/mol. The number of rotatable bonds is 2. The first kappa shape index (κ1) is 11.8. The van der Waals surface area contributed by atoms with Crippen LogP contribution >= 0.6 is 0 Å². The fourth-order valence-electron chi connectivity index (χ4n) is 2.19. The Kier molecular flexibility index (Phi) is 3.25. The maximum absolute atomic E-state index is 9.17. The largest absolute Gasteiger partial charge is 0.363 e. The van der Waals surface area contributed by atoms with E-state index < -0.39 is 0 Å². The van der Waals surface area contributed by atoms with Crippen LogP contribution in [0.3, 0.4) is 0 Å². The second-order valence-electron chi connectivity index (χ2n) is 4.59. The number of hydrogen-bond acceptors (Lipinski definition) is 5. The number of aromatic nitrogens is 2. The summed E-state index contributed by atoms with van der Waals surface area (Å²) in [4.78, 5) is 0. The van der Waals surface area contributed by atoms with Crippen LogP contribution in [0.15, 0.2) is 0 Å². The van der Waals surface area contributed by atoms with Gasteiger partial charge in [-0.15, -0.1) is 5.10 Å². The van der Waals surface area contributed by atoms with Gasteiger partial charge in [-0.2, -0.15) is 10.4 Å². The molecule has 1 aliphatic rings. The van der Waals surface area contributed by atoms with Crippen LogP contribution < -0.4 is 11.1 Å². The Morgan fingerprint density at radius 3 is 2.71 bits per heavy atom. The highest BCUT2D eigenvalue weighted by Gasteiger charge is 2.25. The topological polar surface area (TPSA) is 87.6 Å². The molecule has 0 bridgehead atoms. The molecule has 1 fully saturated rings. The van der Waals surface area contributed by atoms with Gasteiger partial charge in [0.1, 0.15) is 11.6 Å². The second-order valence-corrected chi connectivity index (χ2v) is 4.59. The first-order valence-electron chi connectivity index (χ1n) is 5.89. The van der Waals surface area contributed by atoms with E-state index in [1.54, 1.807) is 0 Å². The van der Waals surface area contributed by atoms with Gasteiger partial charge in [0.25, 0.3) is 0 Å². The standard InChI is InChI=1S/C12H17N5/c1-7-8(2)16-17-12(9(7)6-13)15-11-5-3-4-10(11)14/h10-11H,3-5,14H2,1-2H3,(H,15,17). The molecule has 3 N–H and O–H groups in total. The Bertz CT molecular complexity index is 463. The summed E-state index contributed by atoms with van der Waals surface area (Å²) in [5, 5.41) is 20.6. The van der Waals surface area contributed by atoms with Crippen LogP contribution in [-0.2, 0) is 0 Å². The lowest BCUT2D eigenvalue weighted by molar-refractivity contribution is 0.633. The third-order valence-electron chi connectivity index (χ3n) is 3.46. The first-order valence-corrected chi connectivity index (χ1v) is 5.89. The number of nitriles is 1. The molecule has 1 aromatic rings. The van der Waals surface area contributed by atoms with Gasteiger partial charge in [0, 0.05) is 12.1 Å². The molecule has 0 amide bonds. The lowest BCUT2D eigenvalue weighted by Gasteiger charge is -2.18.